The van der Waals surface area contributed by atoms with Crippen molar-refractivity contribution in [2.45, 2.75) is 39.2 Å². The number of hydrogen-bond acceptors (Lipinski definition) is 2. The van der Waals surface area contributed by atoms with Gasteiger partial charge in [0.25, 0.3) is 0 Å². The van der Waals surface area contributed by atoms with Crippen LogP contribution < -0.4 is 10.6 Å². The van der Waals surface area contributed by atoms with E-state index in [-0.39, 0.29) is 11.9 Å². The van der Waals surface area contributed by atoms with Gasteiger partial charge in [0.15, 0.2) is 0 Å². The van der Waals surface area contributed by atoms with Gasteiger partial charge in [0.1, 0.15) is 0 Å². The Morgan fingerprint density at radius 1 is 1.28 bits per heavy atom. The summed E-state index contributed by atoms with van der Waals surface area (Å²) in [5.41, 5.74) is 1.33. The van der Waals surface area contributed by atoms with E-state index in [1.807, 2.05) is 32.0 Å². The number of nitrogens with one attached hydrogen (secondary N) is 2. The highest BCUT2D eigenvalue weighted by Gasteiger charge is 2.06. The van der Waals surface area contributed by atoms with Crippen molar-refractivity contribution in [1.82, 2.24) is 10.6 Å². The first-order chi connectivity index (χ1) is 8.72. The van der Waals surface area contributed by atoms with Crippen LogP contribution in [0.2, 0.25) is 0 Å². The zero-order valence-corrected chi connectivity index (χ0v) is 11.4. The molecule has 1 aromatic carbocycles. The van der Waals surface area contributed by atoms with E-state index in [0.717, 1.165) is 25.9 Å². The van der Waals surface area contributed by atoms with Crippen LogP contribution in [0.1, 0.15) is 32.3 Å². The fraction of sp³-hybridized carbons (Fsp3) is 0.533. The molecule has 0 saturated carbocycles. The number of aryl methyl sites for hydroxylation is 1. The monoisotopic (exact) mass is 248 g/mol. The molecule has 0 aliphatic carbocycles. The Kier molecular flexibility index (Phi) is 7.11. The number of benzene rings is 1. The first-order valence-corrected chi connectivity index (χ1v) is 6.76. The van der Waals surface area contributed by atoms with Gasteiger partial charge in [-0.1, -0.05) is 37.3 Å². The summed E-state index contributed by atoms with van der Waals surface area (Å²) in [6, 6.07) is 10.6. The first kappa shape index (κ1) is 14.7. The van der Waals surface area contributed by atoms with Crippen LogP contribution >= 0.6 is 0 Å². The third-order valence-electron chi connectivity index (χ3n) is 2.85. The van der Waals surface area contributed by atoms with E-state index in [0.29, 0.717) is 6.42 Å². The Balaban J connectivity index is 2.09. The average molecular weight is 248 g/mol. The summed E-state index contributed by atoms with van der Waals surface area (Å²) in [6.45, 7) is 5.75. The van der Waals surface area contributed by atoms with Gasteiger partial charge in [-0.2, -0.15) is 0 Å². The fourth-order valence-corrected chi connectivity index (χ4v) is 1.94. The second kappa shape index (κ2) is 8.70. The Bertz CT molecular complexity index is 338. The van der Waals surface area contributed by atoms with Gasteiger partial charge < -0.3 is 10.6 Å². The van der Waals surface area contributed by atoms with Crippen LogP contribution in [0, 0.1) is 0 Å². The Hall–Kier alpha value is -1.35. The van der Waals surface area contributed by atoms with Gasteiger partial charge >= 0.3 is 0 Å². The van der Waals surface area contributed by atoms with Crippen LogP contribution in [-0.4, -0.2) is 25.0 Å². The Labute approximate surface area is 110 Å². The highest BCUT2D eigenvalue weighted by atomic mass is 16.1. The molecule has 3 nitrogen and oxygen atoms in total. The highest BCUT2D eigenvalue weighted by Crippen LogP contribution is 2.01. The normalized spacial score (nSPS) is 12.1. The van der Waals surface area contributed by atoms with Crippen molar-refractivity contribution >= 4 is 5.91 Å². The van der Waals surface area contributed by atoms with E-state index in [9.17, 15) is 4.79 Å². The smallest absolute Gasteiger partial charge is 0.221 e. The molecule has 0 bridgehead atoms. The standard InChI is InChI=1S/C15H24N2O/c1-3-16-13(2)12-15(18)17-11-7-10-14-8-5-4-6-9-14/h4-6,8-9,13,16H,3,7,10-12H2,1-2H3,(H,17,18). The third kappa shape index (κ3) is 6.40. The van der Waals surface area contributed by atoms with Crippen LogP contribution in [0.4, 0.5) is 0 Å². The summed E-state index contributed by atoms with van der Waals surface area (Å²) in [4.78, 5) is 11.6. The molecule has 0 aromatic heterocycles. The Morgan fingerprint density at radius 2 is 2.00 bits per heavy atom. The molecule has 18 heavy (non-hydrogen) atoms. The number of carbonyl (C=O) groups excluding carboxylic acids is 1. The molecule has 0 radical (unpaired) electrons. The van der Waals surface area contributed by atoms with Crippen LogP contribution in [-0.2, 0) is 11.2 Å². The van der Waals surface area contributed by atoms with Crippen LogP contribution in [0.15, 0.2) is 30.3 Å². The molecule has 0 heterocycles. The third-order valence-corrected chi connectivity index (χ3v) is 2.85. The topological polar surface area (TPSA) is 41.1 Å². The molecule has 1 amide bonds. The fourth-order valence-electron chi connectivity index (χ4n) is 1.94. The van der Waals surface area contributed by atoms with Crippen molar-refractivity contribution in [3.05, 3.63) is 35.9 Å². The molecule has 3 heteroatoms. The maximum absolute atomic E-state index is 11.6. The Morgan fingerprint density at radius 3 is 2.67 bits per heavy atom. The van der Waals surface area contributed by atoms with Gasteiger partial charge in [0.2, 0.25) is 5.91 Å². The maximum atomic E-state index is 11.6. The second-order valence-corrected chi connectivity index (χ2v) is 4.60. The molecule has 0 fully saturated rings. The lowest BCUT2D eigenvalue weighted by Gasteiger charge is -2.12. The van der Waals surface area contributed by atoms with Gasteiger partial charge in [-0.05, 0) is 31.9 Å². The summed E-state index contributed by atoms with van der Waals surface area (Å²) >= 11 is 0. The molecule has 1 rings (SSSR count). The predicted octanol–water partition coefficient (Wildman–Crippen LogP) is 2.12. The lowest BCUT2D eigenvalue weighted by molar-refractivity contribution is -0.121. The molecule has 1 aromatic rings. The number of rotatable bonds is 8. The van der Waals surface area contributed by atoms with Crippen molar-refractivity contribution in [2.24, 2.45) is 0 Å². The van der Waals surface area contributed by atoms with Crippen molar-refractivity contribution in [3.8, 4) is 0 Å². The van der Waals surface area contributed by atoms with E-state index >= 15 is 0 Å². The highest BCUT2D eigenvalue weighted by molar-refractivity contribution is 5.76. The molecule has 0 aliphatic heterocycles. The largest absolute Gasteiger partial charge is 0.356 e. The first-order valence-electron chi connectivity index (χ1n) is 6.76. The second-order valence-electron chi connectivity index (χ2n) is 4.60. The maximum Gasteiger partial charge on any atom is 0.221 e. The number of hydrogen-bond donors (Lipinski definition) is 2. The minimum atomic E-state index is 0.136. The van der Waals surface area contributed by atoms with E-state index in [4.69, 9.17) is 0 Å². The molecular formula is C15H24N2O. The summed E-state index contributed by atoms with van der Waals surface area (Å²) in [5, 5.41) is 6.20. The van der Waals surface area contributed by atoms with E-state index in [1.165, 1.54) is 5.56 Å². The van der Waals surface area contributed by atoms with Gasteiger partial charge in [-0.15, -0.1) is 0 Å². The van der Waals surface area contributed by atoms with Gasteiger partial charge in [-0.3, -0.25) is 4.79 Å². The average Bonchev–Trinajstić information content (AvgIpc) is 2.36. The van der Waals surface area contributed by atoms with E-state index < -0.39 is 0 Å². The molecule has 0 saturated heterocycles. The number of amides is 1. The molecule has 0 spiro atoms. The zero-order valence-electron chi connectivity index (χ0n) is 11.4. The minimum absolute atomic E-state index is 0.136. The van der Waals surface area contributed by atoms with Gasteiger partial charge in [-0.25, -0.2) is 0 Å². The van der Waals surface area contributed by atoms with Crippen LogP contribution in [0.25, 0.3) is 0 Å². The minimum Gasteiger partial charge on any atom is -0.356 e. The summed E-state index contributed by atoms with van der Waals surface area (Å²) in [6.07, 6.45) is 2.56. The molecule has 1 atom stereocenters. The molecule has 100 valence electrons. The lowest BCUT2D eigenvalue weighted by Crippen LogP contribution is -2.34. The summed E-state index contributed by atoms with van der Waals surface area (Å²) < 4.78 is 0. The van der Waals surface area contributed by atoms with Crippen molar-refractivity contribution < 1.29 is 4.79 Å². The molecular weight excluding hydrogens is 224 g/mol. The predicted molar refractivity (Wildman–Crippen MR) is 75.5 cm³/mol. The molecule has 0 aliphatic rings. The SMILES string of the molecule is CCNC(C)CC(=O)NCCCc1ccccc1. The van der Waals surface area contributed by atoms with Crippen molar-refractivity contribution in [1.29, 1.82) is 0 Å². The number of carbonyl (C=O) groups is 1. The summed E-state index contributed by atoms with van der Waals surface area (Å²) in [7, 11) is 0. The van der Waals surface area contributed by atoms with Gasteiger partial charge in [0.05, 0.1) is 0 Å². The molecule has 2 N–H and O–H groups in total. The van der Waals surface area contributed by atoms with Crippen LogP contribution in [0.5, 0.6) is 0 Å². The van der Waals surface area contributed by atoms with Gasteiger partial charge in [0, 0.05) is 19.0 Å². The van der Waals surface area contributed by atoms with E-state index in [1.54, 1.807) is 0 Å². The quantitative estimate of drug-likeness (QED) is 0.692. The van der Waals surface area contributed by atoms with Crippen molar-refractivity contribution in [2.75, 3.05) is 13.1 Å². The van der Waals surface area contributed by atoms with Crippen LogP contribution in [0.3, 0.4) is 0 Å². The lowest BCUT2D eigenvalue weighted by atomic mass is 10.1. The summed E-state index contributed by atoms with van der Waals surface area (Å²) in [5.74, 6) is 0.136. The van der Waals surface area contributed by atoms with E-state index in [2.05, 4.69) is 22.8 Å². The zero-order chi connectivity index (χ0) is 13.2. The molecule has 1 unspecified atom stereocenters. The van der Waals surface area contributed by atoms with Crippen molar-refractivity contribution in [3.63, 3.8) is 0 Å².